The molecular formula is C9H27NO3Si2. The van der Waals surface area contributed by atoms with Crippen LogP contribution in [-0.2, 0) is 13.3 Å². The van der Waals surface area contributed by atoms with Gasteiger partial charge in [-0.3, -0.25) is 0 Å². The van der Waals surface area contributed by atoms with Crippen molar-refractivity contribution in [2.75, 3.05) is 41.0 Å². The molecule has 6 heteroatoms. The van der Waals surface area contributed by atoms with E-state index in [1.54, 1.807) is 0 Å². The fourth-order valence-electron chi connectivity index (χ4n) is 0.912. The van der Waals surface area contributed by atoms with Gasteiger partial charge >= 0.3 is 8.32 Å². The van der Waals surface area contributed by atoms with Crippen LogP contribution in [0.15, 0.2) is 0 Å². The van der Waals surface area contributed by atoms with E-state index < -0.39 is 8.32 Å². The van der Waals surface area contributed by atoms with Crippen molar-refractivity contribution in [3.8, 4) is 0 Å². The fraction of sp³-hybridized carbons (Fsp3) is 1.00. The third-order valence-electron chi connectivity index (χ3n) is 1.22. The van der Waals surface area contributed by atoms with E-state index in [1.807, 2.05) is 46.8 Å². The van der Waals surface area contributed by atoms with E-state index in [2.05, 4.69) is 0 Å². The van der Waals surface area contributed by atoms with E-state index in [4.69, 9.17) is 13.3 Å². The molecule has 0 fully saturated rings. The molecule has 15 heavy (non-hydrogen) atoms. The maximum Gasteiger partial charge on any atom is 0.457 e. The Morgan fingerprint density at radius 1 is 0.867 bits per heavy atom. The molecule has 0 N–H and O–H groups in total. The van der Waals surface area contributed by atoms with E-state index in [1.165, 1.54) is 0 Å². The molecule has 0 saturated carbocycles. The fourth-order valence-corrected chi connectivity index (χ4v) is 5.33. The Bertz CT molecular complexity index is 117. The number of hydrogen-bond acceptors (Lipinski definition) is 4. The quantitative estimate of drug-likeness (QED) is 0.627. The molecule has 0 aromatic rings. The van der Waals surface area contributed by atoms with Crippen molar-refractivity contribution < 1.29 is 13.3 Å². The Morgan fingerprint density at radius 3 is 1.20 bits per heavy atom. The minimum atomic E-state index is -2.11. The zero-order chi connectivity index (χ0) is 12.3. The van der Waals surface area contributed by atoms with Crippen LogP contribution in [0.2, 0.25) is 0 Å². The van der Waals surface area contributed by atoms with Crippen LogP contribution in [0.1, 0.15) is 20.8 Å². The van der Waals surface area contributed by atoms with E-state index in [9.17, 15) is 0 Å². The molecule has 0 saturated heterocycles. The highest BCUT2D eigenvalue weighted by Gasteiger charge is 2.31. The predicted octanol–water partition coefficient (Wildman–Crippen LogP) is 0.0747. The standard InChI is InChI=1S/C6H18O3Si2.C3H9N/c1-4-7-11(10,8-5-2)9-6-3;1-4(2)3/h4-6H2,1-3,10H3;1-3H3. The van der Waals surface area contributed by atoms with Gasteiger partial charge in [-0.15, -0.1) is 0 Å². The zero-order valence-corrected chi connectivity index (χ0v) is 14.3. The summed E-state index contributed by atoms with van der Waals surface area (Å²) in [6, 6.07) is 0. The van der Waals surface area contributed by atoms with E-state index in [0.29, 0.717) is 19.8 Å². The first-order chi connectivity index (χ1) is 6.91. The normalized spacial score (nSPS) is 11.4. The van der Waals surface area contributed by atoms with Crippen LogP contribution in [0, 0.1) is 0 Å². The van der Waals surface area contributed by atoms with Crippen molar-refractivity contribution in [1.29, 1.82) is 0 Å². The summed E-state index contributed by atoms with van der Waals surface area (Å²) in [4.78, 5) is 2.00. The monoisotopic (exact) mass is 253 g/mol. The Morgan fingerprint density at radius 2 is 1.07 bits per heavy atom. The molecule has 0 aromatic carbocycles. The average molecular weight is 253 g/mol. The largest absolute Gasteiger partial charge is 0.457 e. The lowest BCUT2D eigenvalue weighted by atomic mass is 10.9. The average Bonchev–Trinajstić information content (AvgIpc) is 2.03. The summed E-state index contributed by atoms with van der Waals surface area (Å²) in [7, 11) is 4.76. The molecule has 0 unspecified atom stereocenters. The Hall–Kier alpha value is 0.274. The Kier molecular flexibility index (Phi) is 12.7. The van der Waals surface area contributed by atoms with Gasteiger partial charge in [0, 0.05) is 19.8 Å². The van der Waals surface area contributed by atoms with Crippen molar-refractivity contribution >= 4 is 18.1 Å². The molecular weight excluding hydrogens is 226 g/mol. The maximum absolute atomic E-state index is 5.47. The summed E-state index contributed by atoms with van der Waals surface area (Å²) in [5, 5.41) is 0. The highest BCUT2D eigenvalue weighted by molar-refractivity contribution is 7.05. The molecule has 0 aliphatic carbocycles. The summed E-state index contributed by atoms with van der Waals surface area (Å²) in [6.07, 6.45) is 0. The van der Waals surface area contributed by atoms with Crippen molar-refractivity contribution in [3.63, 3.8) is 0 Å². The molecule has 0 radical (unpaired) electrons. The molecule has 0 amide bonds. The zero-order valence-electron chi connectivity index (χ0n) is 11.3. The lowest BCUT2D eigenvalue weighted by Crippen LogP contribution is -2.47. The van der Waals surface area contributed by atoms with Gasteiger partial charge < -0.3 is 18.2 Å². The number of hydrogen-bond donors (Lipinski definition) is 0. The van der Waals surface area contributed by atoms with Crippen molar-refractivity contribution in [2.24, 2.45) is 0 Å². The summed E-state index contributed by atoms with van der Waals surface area (Å²) in [6.45, 7) is 7.98. The van der Waals surface area contributed by atoms with Gasteiger partial charge in [-0.1, -0.05) is 0 Å². The van der Waals surface area contributed by atoms with Gasteiger partial charge in [-0.25, -0.2) is 0 Å². The summed E-state index contributed by atoms with van der Waals surface area (Å²) in [5.74, 6) is 0. The van der Waals surface area contributed by atoms with E-state index >= 15 is 0 Å². The Labute approximate surface area is 98.5 Å². The minimum absolute atomic E-state index is 0.690. The van der Waals surface area contributed by atoms with Crippen LogP contribution in [-0.4, -0.2) is 63.9 Å². The molecule has 0 aliphatic rings. The van der Waals surface area contributed by atoms with Crippen molar-refractivity contribution in [2.45, 2.75) is 20.8 Å². The highest BCUT2D eigenvalue weighted by atomic mass is 29.2. The third kappa shape index (κ3) is 14.3. The summed E-state index contributed by atoms with van der Waals surface area (Å²) < 4.78 is 16.4. The van der Waals surface area contributed by atoms with E-state index in [0.717, 1.165) is 9.76 Å². The van der Waals surface area contributed by atoms with Gasteiger partial charge in [-0.05, 0) is 41.9 Å². The van der Waals surface area contributed by atoms with E-state index in [-0.39, 0.29) is 0 Å². The smallest absolute Gasteiger partial charge is 0.377 e. The second kappa shape index (κ2) is 10.8. The molecule has 0 aliphatic heterocycles. The van der Waals surface area contributed by atoms with Crippen molar-refractivity contribution in [3.05, 3.63) is 0 Å². The van der Waals surface area contributed by atoms with Gasteiger partial charge in [0.05, 0.1) is 0 Å². The Balaban J connectivity index is 0. The lowest BCUT2D eigenvalue weighted by molar-refractivity contribution is 0.0941. The third-order valence-corrected chi connectivity index (χ3v) is 6.26. The van der Waals surface area contributed by atoms with Crippen LogP contribution in [0.25, 0.3) is 0 Å². The van der Waals surface area contributed by atoms with Crippen LogP contribution < -0.4 is 0 Å². The first-order valence-corrected chi connectivity index (χ1v) is 10.7. The van der Waals surface area contributed by atoms with Crippen LogP contribution in [0.4, 0.5) is 0 Å². The maximum atomic E-state index is 5.47. The van der Waals surface area contributed by atoms with Crippen LogP contribution >= 0.6 is 0 Å². The van der Waals surface area contributed by atoms with Crippen LogP contribution in [0.5, 0.6) is 0 Å². The molecule has 0 bridgehead atoms. The lowest BCUT2D eigenvalue weighted by Gasteiger charge is -2.24. The van der Waals surface area contributed by atoms with Gasteiger partial charge in [0.2, 0.25) is 0 Å². The number of rotatable bonds is 6. The van der Waals surface area contributed by atoms with Gasteiger partial charge in [-0.2, -0.15) is 0 Å². The molecule has 94 valence electrons. The van der Waals surface area contributed by atoms with Gasteiger partial charge in [0.25, 0.3) is 0 Å². The first kappa shape index (κ1) is 17.7. The molecule has 4 nitrogen and oxygen atoms in total. The molecule has 0 spiro atoms. The molecule has 0 aromatic heterocycles. The number of nitrogens with zero attached hydrogens (tertiary/aromatic N) is 1. The highest BCUT2D eigenvalue weighted by Crippen LogP contribution is 2.03. The first-order valence-electron chi connectivity index (χ1n) is 5.44. The minimum Gasteiger partial charge on any atom is -0.377 e. The van der Waals surface area contributed by atoms with Gasteiger partial charge in [0.15, 0.2) is 0 Å². The molecule has 0 heterocycles. The van der Waals surface area contributed by atoms with Crippen molar-refractivity contribution in [1.82, 2.24) is 4.90 Å². The summed E-state index contributed by atoms with van der Waals surface area (Å²) >= 11 is 0. The summed E-state index contributed by atoms with van der Waals surface area (Å²) in [5.41, 5.74) is 0. The molecule has 0 atom stereocenters. The van der Waals surface area contributed by atoms with Crippen LogP contribution in [0.3, 0.4) is 0 Å². The molecule has 0 rings (SSSR count). The van der Waals surface area contributed by atoms with Gasteiger partial charge in [0.1, 0.15) is 9.76 Å². The topological polar surface area (TPSA) is 30.9 Å². The second-order valence-corrected chi connectivity index (χ2v) is 9.77. The SMILES string of the molecule is CCO[Si]([SiH3])(OCC)OCC.CN(C)C. The predicted molar refractivity (Wildman–Crippen MR) is 70.2 cm³/mol. The second-order valence-electron chi connectivity index (χ2n) is 3.50.